The zero-order valence-corrected chi connectivity index (χ0v) is 16.0. The first-order valence-corrected chi connectivity index (χ1v) is 9.41. The summed E-state index contributed by atoms with van der Waals surface area (Å²) < 4.78 is 34.0. The second-order valence-corrected chi connectivity index (χ2v) is 7.29. The Morgan fingerprint density at radius 3 is 2.87 bits per heavy atom. The molecule has 3 heterocycles. The Hall–Kier alpha value is -3.27. The molecule has 1 fully saturated rings. The van der Waals surface area contributed by atoms with Crippen molar-refractivity contribution in [2.24, 2.45) is 0 Å². The van der Waals surface area contributed by atoms with Crippen molar-refractivity contribution in [1.82, 2.24) is 14.8 Å². The van der Waals surface area contributed by atoms with Gasteiger partial charge in [0, 0.05) is 24.3 Å². The van der Waals surface area contributed by atoms with Gasteiger partial charge >= 0.3 is 0 Å². The van der Waals surface area contributed by atoms with Crippen LogP contribution in [0, 0.1) is 11.6 Å². The number of carbonyl (C=O) groups is 2. The fourth-order valence-corrected chi connectivity index (χ4v) is 3.78. The van der Waals surface area contributed by atoms with Crippen molar-refractivity contribution in [3.63, 3.8) is 0 Å². The summed E-state index contributed by atoms with van der Waals surface area (Å²) in [5, 5.41) is 12.7. The Labute approximate surface area is 169 Å². The Morgan fingerprint density at radius 1 is 1.33 bits per heavy atom. The number of amides is 2. The molecule has 1 saturated heterocycles. The van der Waals surface area contributed by atoms with E-state index in [4.69, 9.17) is 4.74 Å². The number of aromatic nitrogens is 1. The second kappa shape index (κ2) is 7.52. The van der Waals surface area contributed by atoms with E-state index in [2.05, 4.69) is 5.32 Å². The Balaban J connectivity index is 1.64. The number of benzene rings is 1. The number of ether oxygens (including phenoxy) is 1. The minimum Gasteiger partial charge on any atom is -0.503 e. The molecule has 2 atom stereocenters. The van der Waals surface area contributed by atoms with E-state index >= 15 is 0 Å². The molecule has 1 aromatic heterocycles. The van der Waals surface area contributed by atoms with Crippen LogP contribution in [0.1, 0.15) is 39.8 Å². The van der Waals surface area contributed by atoms with Gasteiger partial charge in [0.15, 0.2) is 29.3 Å². The molecule has 2 aromatic rings. The average Bonchev–Trinajstić information content (AvgIpc) is 2.71. The van der Waals surface area contributed by atoms with Gasteiger partial charge < -0.3 is 24.6 Å². The molecule has 0 saturated carbocycles. The summed E-state index contributed by atoms with van der Waals surface area (Å²) in [6, 6.07) is 3.42. The minimum absolute atomic E-state index is 0.0963. The molecule has 2 aliphatic heterocycles. The van der Waals surface area contributed by atoms with Gasteiger partial charge in [-0.25, -0.2) is 8.78 Å². The van der Waals surface area contributed by atoms with Crippen molar-refractivity contribution in [2.75, 3.05) is 6.61 Å². The smallest absolute Gasteiger partial charge is 0.276 e. The SMILES string of the molecule is C[C@@H]1CCO[C@H]2Cn3cc(C(=O)NCc4cccc(F)c4F)c(=O)c(O)c3C(=O)N12. The number of aromatic hydroxyl groups is 1. The maximum atomic E-state index is 13.8. The molecular weight excluding hydrogens is 400 g/mol. The number of pyridine rings is 1. The molecule has 0 bridgehead atoms. The summed E-state index contributed by atoms with van der Waals surface area (Å²) in [4.78, 5) is 39.4. The van der Waals surface area contributed by atoms with Gasteiger partial charge in [-0.15, -0.1) is 0 Å². The molecular formula is C20H19F2N3O5. The number of hydrogen-bond donors (Lipinski definition) is 2. The number of carbonyl (C=O) groups excluding carboxylic acids is 2. The molecule has 1 aromatic carbocycles. The van der Waals surface area contributed by atoms with Gasteiger partial charge in [-0.3, -0.25) is 14.4 Å². The predicted octanol–water partition coefficient (Wildman–Crippen LogP) is 1.35. The van der Waals surface area contributed by atoms with E-state index in [0.29, 0.717) is 13.0 Å². The van der Waals surface area contributed by atoms with Crippen LogP contribution in [0.4, 0.5) is 8.78 Å². The van der Waals surface area contributed by atoms with E-state index in [-0.39, 0.29) is 30.4 Å². The van der Waals surface area contributed by atoms with Crippen molar-refractivity contribution < 1.29 is 28.2 Å². The number of halogens is 2. The van der Waals surface area contributed by atoms with Gasteiger partial charge in [-0.2, -0.15) is 0 Å². The zero-order valence-electron chi connectivity index (χ0n) is 16.0. The van der Waals surface area contributed by atoms with Crippen LogP contribution in [-0.2, 0) is 17.8 Å². The van der Waals surface area contributed by atoms with E-state index in [1.807, 2.05) is 6.92 Å². The van der Waals surface area contributed by atoms with Gasteiger partial charge in [0.2, 0.25) is 5.43 Å². The summed E-state index contributed by atoms with van der Waals surface area (Å²) in [5.74, 6) is -4.43. The fourth-order valence-electron chi connectivity index (χ4n) is 3.78. The van der Waals surface area contributed by atoms with Crippen LogP contribution >= 0.6 is 0 Å². The highest BCUT2D eigenvalue weighted by Crippen LogP contribution is 2.29. The molecule has 0 unspecified atom stereocenters. The molecule has 2 N–H and O–H groups in total. The third kappa shape index (κ3) is 3.22. The number of hydrogen-bond acceptors (Lipinski definition) is 5. The van der Waals surface area contributed by atoms with Crippen LogP contribution in [0.3, 0.4) is 0 Å². The van der Waals surface area contributed by atoms with E-state index in [1.54, 1.807) is 0 Å². The largest absolute Gasteiger partial charge is 0.503 e. The van der Waals surface area contributed by atoms with Crippen LogP contribution in [0.15, 0.2) is 29.2 Å². The van der Waals surface area contributed by atoms with Crippen LogP contribution in [-0.4, -0.2) is 45.3 Å². The summed E-state index contributed by atoms with van der Waals surface area (Å²) in [5.41, 5.74) is -1.74. The standard InChI is InChI=1S/C20H19F2N3O5/c1-10-5-6-30-14-9-24-8-12(17(26)18(27)16(24)20(29)25(10)14)19(28)23-7-11-3-2-4-13(21)15(11)22/h2-4,8,10,14,27H,5-7,9H2,1H3,(H,23,28)/t10-,14+/m1/s1. The molecule has 0 spiro atoms. The third-order valence-electron chi connectivity index (χ3n) is 5.39. The van der Waals surface area contributed by atoms with Crippen LogP contribution in [0.25, 0.3) is 0 Å². The van der Waals surface area contributed by atoms with Gasteiger partial charge in [0.1, 0.15) is 5.56 Å². The predicted molar refractivity (Wildman–Crippen MR) is 99.9 cm³/mol. The van der Waals surface area contributed by atoms with Gasteiger partial charge in [0.25, 0.3) is 11.8 Å². The average molecular weight is 419 g/mol. The highest BCUT2D eigenvalue weighted by atomic mass is 19.2. The van der Waals surface area contributed by atoms with Gasteiger partial charge in [-0.05, 0) is 19.4 Å². The monoisotopic (exact) mass is 419 g/mol. The first-order valence-electron chi connectivity index (χ1n) is 9.41. The molecule has 10 heteroatoms. The summed E-state index contributed by atoms with van der Waals surface area (Å²) in [6.45, 7) is 2.09. The summed E-state index contributed by atoms with van der Waals surface area (Å²) >= 11 is 0. The second-order valence-electron chi connectivity index (χ2n) is 7.29. The topological polar surface area (TPSA) is 101 Å². The van der Waals surface area contributed by atoms with Crippen LogP contribution in [0.2, 0.25) is 0 Å². The van der Waals surface area contributed by atoms with Crippen LogP contribution in [0.5, 0.6) is 5.75 Å². The molecule has 0 radical (unpaired) electrons. The normalized spacial score (nSPS) is 20.5. The van der Waals surface area contributed by atoms with Crippen molar-refractivity contribution >= 4 is 11.8 Å². The molecule has 8 nitrogen and oxygen atoms in total. The van der Waals surface area contributed by atoms with E-state index in [1.165, 1.54) is 27.8 Å². The van der Waals surface area contributed by atoms with Gasteiger partial charge in [0.05, 0.1) is 13.2 Å². The molecule has 0 aliphatic carbocycles. The first kappa shape index (κ1) is 20.0. The molecule has 4 rings (SSSR count). The molecule has 158 valence electrons. The molecule has 30 heavy (non-hydrogen) atoms. The van der Waals surface area contributed by atoms with Crippen molar-refractivity contribution in [3.05, 3.63) is 63.1 Å². The Morgan fingerprint density at radius 2 is 2.10 bits per heavy atom. The minimum atomic E-state index is -1.10. The highest BCUT2D eigenvalue weighted by molar-refractivity contribution is 5.99. The quantitative estimate of drug-likeness (QED) is 0.782. The summed E-state index contributed by atoms with van der Waals surface area (Å²) in [6.07, 6.45) is 1.23. The van der Waals surface area contributed by atoms with Gasteiger partial charge in [-0.1, -0.05) is 12.1 Å². The maximum absolute atomic E-state index is 13.8. The fraction of sp³-hybridized carbons (Fsp3) is 0.350. The summed E-state index contributed by atoms with van der Waals surface area (Å²) in [7, 11) is 0. The van der Waals surface area contributed by atoms with Crippen LogP contribution < -0.4 is 10.7 Å². The number of rotatable bonds is 3. The highest BCUT2D eigenvalue weighted by Gasteiger charge is 2.41. The van der Waals surface area contributed by atoms with Crippen molar-refractivity contribution in [1.29, 1.82) is 0 Å². The maximum Gasteiger partial charge on any atom is 0.276 e. The lowest BCUT2D eigenvalue weighted by Crippen LogP contribution is -2.57. The lowest BCUT2D eigenvalue weighted by molar-refractivity contribution is -0.112. The van der Waals surface area contributed by atoms with Crippen molar-refractivity contribution in [2.45, 2.75) is 38.7 Å². The van der Waals surface area contributed by atoms with E-state index in [0.717, 1.165) is 6.07 Å². The number of nitrogens with zero attached hydrogens (tertiary/aromatic N) is 2. The lowest BCUT2D eigenvalue weighted by Gasteiger charge is -2.44. The van der Waals surface area contributed by atoms with E-state index < -0.39 is 46.4 Å². The first-order chi connectivity index (χ1) is 14.3. The zero-order chi connectivity index (χ0) is 21.6. The third-order valence-corrected chi connectivity index (χ3v) is 5.39. The molecule has 2 aliphatic rings. The molecule has 2 amide bonds. The van der Waals surface area contributed by atoms with Crippen molar-refractivity contribution in [3.8, 4) is 5.75 Å². The Kier molecular flexibility index (Phi) is 5.02. The van der Waals surface area contributed by atoms with E-state index in [9.17, 15) is 28.3 Å². The number of fused-ring (bicyclic) bond motifs is 2. The Bertz CT molecular complexity index is 1100. The number of nitrogens with one attached hydrogen (secondary N) is 1. The lowest BCUT2D eigenvalue weighted by atomic mass is 10.1.